The molecular weight excluding hydrogens is 1080 g/mol. The molecule has 1 amide bonds. The summed E-state index contributed by atoms with van der Waals surface area (Å²) in [5, 5.41) is 29.3. The van der Waals surface area contributed by atoms with Crippen molar-refractivity contribution in [3.63, 3.8) is 0 Å². The molecule has 0 radical (unpaired) electrons. The summed E-state index contributed by atoms with van der Waals surface area (Å²) in [6, 6.07) is 4.95. The first-order valence-corrected chi connectivity index (χ1v) is 29.8. The van der Waals surface area contributed by atoms with Gasteiger partial charge in [-0.15, -0.1) is 0 Å². The molecule has 18 nitrogen and oxygen atoms in total. The van der Waals surface area contributed by atoms with E-state index in [0.29, 0.717) is 32.1 Å². The zero-order valence-electron chi connectivity index (χ0n) is 51.3. The van der Waals surface area contributed by atoms with Crippen molar-refractivity contribution in [2.24, 2.45) is 28.6 Å². The quantitative estimate of drug-likeness (QED) is 0.0338. The SMILES string of the molecule is CC/C=C\C/C=C\C/C=C\C/C=C\C/C=C\CCCC(=O)O[C@@H](C(=O)O[C@H]1C[C@@]2(O)C(OC(=O)c3ccccc3OC)C3[C@](C)(C(=O)[C@H](OC(=O)C4CC4)C(=C1C)C2(C)C)[C@@H](O)C[C@H]1OC[C@@]31OC(C)=O)[C@H](CC(C)C)NC(=O)OC(C)(C)C. The average Bonchev–Trinajstić information content (AvgIpc) is 0.784. The number of aliphatic hydroxyl groups excluding tert-OH is 1. The van der Waals surface area contributed by atoms with Gasteiger partial charge in [0.15, 0.2) is 17.5 Å². The molecule has 1 aliphatic heterocycles. The lowest BCUT2D eigenvalue weighted by molar-refractivity contribution is -0.346. The van der Waals surface area contributed by atoms with E-state index < -0.39 is 130 Å². The van der Waals surface area contributed by atoms with Gasteiger partial charge in [-0.05, 0) is 128 Å². The maximum absolute atomic E-state index is 16.1. The number of ketones is 1. The Morgan fingerprint density at radius 2 is 1.48 bits per heavy atom. The van der Waals surface area contributed by atoms with Crippen LogP contribution in [0.25, 0.3) is 0 Å². The maximum Gasteiger partial charge on any atom is 0.408 e. The van der Waals surface area contributed by atoms with Crippen molar-refractivity contribution in [1.82, 2.24) is 5.32 Å². The zero-order chi connectivity index (χ0) is 61.8. The summed E-state index contributed by atoms with van der Waals surface area (Å²) < 4.78 is 48.8. The standard InChI is InChI=1S/C66H91NO17/c1-13-14-15-16-17-18-19-20-21-22-23-24-25-26-27-28-29-34-51(70)80-53(46(37-41(2)3)67-61(75)84-62(6,7)8)60(74)79-48-39-66(76)57(82-59(73)45-32-30-31-33-47(45)77-12)55-64(11,49(69)38-50-65(55,40-78-50)83-43(5)68)56(71)54(81-58(72)44-35-36-44)52(42(48)4)63(66,9)10/h14-15,17-18,20-21,23-24,26-27,30-33,41,44,46,48-50,53-55,57,69,76H,13,16,19,22,25,28-29,34-40H2,1-12H3,(H,67,75)/b15-14-,18-17-,21-20-,24-23-,27-26-/t46-,48-,49-,50+,53+,54+,55?,57?,64+,65-,66+/m0/s1. The number of nitrogens with one attached hydrogen (secondary N) is 1. The molecule has 1 aromatic rings. The molecular formula is C66H91NO17. The van der Waals surface area contributed by atoms with E-state index in [1.807, 2.05) is 26.0 Å². The summed E-state index contributed by atoms with van der Waals surface area (Å²) in [4.78, 5) is 101. The maximum atomic E-state index is 16.1. The number of amides is 1. The van der Waals surface area contributed by atoms with Gasteiger partial charge in [-0.2, -0.15) is 0 Å². The van der Waals surface area contributed by atoms with Crippen molar-refractivity contribution >= 4 is 41.7 Å². The molecule has 0 spiro atoms. The van der Waals surface area contributed by atoms with Gasteiger partial charge < -0.3 is 53.4 Å². The van der Waals surface area contributed by atoms with E-state index in [9.17, 15) is 34.2 Å². The first kappa shape index (κ1) is 66.8. The van der Waals surface area contributed by atoms with Gasteiger partial charge in [-0.25, -0.2) is 14.4 Å². The van der Waals surface area contributed by atoms with Gasteiger partial charge in [0.25, 0.3) is 0 Å². The van der Waals surface area contributed by atoms with Crippen LogP contribution in [0.5, 0.6) is 5.75 Å². The van der Waals surface area contributed by atoms with Crippen LogP contribution in [0, 0.1) is 28.6 Å². The number of ether oxygens (including phenoxy) is 8. The number of benzene rings is 1. The molecule has 84 heavy (non-hydrogen) atoms. The van der Waals surface area contributed by atoms with Gasteiger partial charge in [-0.1, -0.05) is 108 Å². The highest BCUT2D eigenvalue weighted by molar-refractivity contribution is 5.96. The number of carbonyl (C=O) groups is 7. The van der Waals surface area contributed by atoms with Gasteiger partial charge in [0.1, 0.15) is 40.8 Å². The van der Waals surface area contributed by atoms with E-state index in [2.05, 4.69) is 60.8 Å². The van der Waals surface area contributed by atoms with E-state index in [1.165, 1.54) is 26.2 Å². The Bertz CT molecular complexity index is 2720. The molecule has 462 valence electrons. The highest BCUT2D eigenvalue weighted by atomic mass is 16.6. The summed E-state index contributed by atoms with van der Waals surface area (Å²) in [6.45, 7) is 17.8. The second-order valence-corrected chi connectivity index (χ2v) is 25.0. The molecule has 4 fully saturated rings. The number of hydrogen-bond donors (Lipinski definition) is 3. The van der Waals surface area contributed by atoms with Gasteiger partial charge in [0.2, 0.25) is 6.10 Å². The molecule has 2 bridgehead atoms. The lowest BCUT2D eigenvalue weighted by Gasteiger charge is -2.67. The predicted molar refractivity (Wildman–Crippen MR) is 313 cm³/mol. The molecule has 5 aliphatic rings. The summed E-state index contributed by atoms with van der Waals surface area (Å²) in [6.07, 6.45) is 15.6. The fourth-order valence-corrected chi connectivity index (χ4v) is 12.3. The fraction of sp³-hybridized carbons (Fsp3) is 0.621. The molecule has 1 aromatic carbocycles. The largest absolute Gasteiger partial charge is 0.496 e. The molecule has 11 atom stereocenters. The lowest BCUT2D eigenvalue weighted by atomic mass is 9.44. The molecule has 6 rings (SSSR count). The van der Waals surface area contributed by atoms with Crippen LogP contribution in [-0.2, 0) is 57.1 Å². The van der Waals surface area contributed by atoms with E-state index in [4.69, 9.17) is 37.9 Å². The van der Waals surface area contributed by atoms with E-state index in [-0.39, 0.29) is 54.2 Å². The number of hydrogen-bond acceptors (Lipinski definition) is 17. The Hall–Kier alpha value is -6.37. The second kappa shape index (κ2) is 28.7. The summed E-state index contributed by atoms with van der Waals surface area (Å²) in [5.74, 6) is -7.57. The highest BCUT2D eigenvalue weighted by Crippen LogP contribution is 2.64. The van der Waals surface area contributed by atoms with Crippen molar-refractivity contribution in [2.45, 2.75) is 219 Å². The van der Waals surface area contributed by atoms with Crippen LogP contribution >= 0.6 is 0 Å². The molecule has 18 heteroatoms. The Morgan fingerprint density at radius 3 is 2.02 bits per heavy atom. The molecule has 3 N–H and O–H groups in total. The topological polar surface area (TPSA) is 246 Å². The van der Waals surface area contributed by atoms with Crippen LogP contribution in [-0.4, -0.2) is 125 Å². The first-order chi connectivity index (χ1) is 39.7. The first-order valence-electron chi connectivity index (χ1n) is 29.8. The number of aliphatic hydroxyl groups is 2. The number of unbranched alkanes of at least 4 members (excludes halogenated alkanes) is 1. The van der Waals surface area contributed by atoms with Crippen LogP contribution in [0.2, 0.25) is 0 Å². The van der Waals surface area contributed by atoms with Gasteiger partial charge in [0, 0.05) is 31.6 Å². The third kappa shape index (κ3) is 15.5. The van der Waals surface area contributed by atoms with Crippen LogP contribution in [0.1, 0.15) is 170 Å². The van der Waals surface area contributed by atoms with Crippen molar-refractivity contribution in [3.8, 4) is 5.75 Å². The normalized spacial score (nSPS) is 28.2. The number of Topliss-reactive ketones (excluding diaryl/α,β-unsaturated/α-hetero) is 1. The predicted octanol–water partition coefficient (Wildman–Crippen LogP) is 10.4. The smallest absolute Gasteiger partial charge is 0.408 e. The molecule has 1 heterocycles. The lowest BCUT2D eigenvalue weighted by Crippen LogP contribution is -2.82. The third-order valence-electron chi connectivity index (χ3n) is 16.8. The number of allylic oxidation sites excluding steroid dienone is 10. The Morgan fingerprint density at radius 1 is 0.869 bits per heavy atom. The van der Waals surface area contributed by atoms with E-state index >= 15 is 9.59 Å². The second-order valence-electron chi connectivity index (χ2n) is 25.0. The van der Waals surface area contributed by atoms with Crippen molar-refractivity contribution < 1.29 is 81.7 Å². The molecule has 2 unspecified atom stereocenters. The van der Waals surface area contributed by atoms with E-state index in [0.717, 1.165) is 32.6 Å². The fourth-order valence-electron chi connectivity index (χ4n) is 12.3. The molecule has 3 saturated carbocycles. The third-order valence-corrected chi connectivity index (χ3v) is 16.8. The van der Waals surface area contributed by atoms with Gasteiger partial charge >= 0.3 is 35.9 Å². The Kier molecular flexibility index (Phi) is 22.8. The minimum atomic E-state index is -2.48. The average molecular weight is 1170 g/mol. The number of esters is 5. The number of methoxy groups -OCH3 is 1. The number of fused-ring (bicyclic) bond motifs is 5. The molecule has 0 aromatic heterocycles. The molecule has 1 saturated heterocycles. The summed E-state index contributed by atoms with van der Waals surface area (Å²) >= 11 is 0. The van der Waals surface area contributed by atoms with Crippen molar-refractivity contribution in [1.29, 1.82) is 0 Å². The monoisotopic (exact) mass is 1170 g/mol. The van der Waals surface area contributed by atoms with E-state index in [1.54, 1.807) is 53.7 Å². The van der Waals surface area contributed by atoms with Crippen LogP contribution in [0.3, 0.4) is 0 Å². The summed E-state index contributed by atoms with van der Waals surface area (Å²) in [7, 11) is 1.35. The Balaban J connectivity index is 1.38. The van der Waals surface area contributed by atoms with Crippen molar-refractivity contribution in [3.05, 3.63) is 102 Å². The number of rotatable bonds is 26. The van der Waals surface area contributed by atoms with Crippen LogP contribution < -0.4 is 10.1 Å². The highest BCUT2D eigenvalue weighted by Gasteiger charge is 2.78. The minimum Gasteiger partial charge on any atom is -0.496 e. The molecule has 4 aliphatic carbocycles. The zero-order valence-corrected chi connectivity index (χ0v) is 51.3. The minimum absolute atomic E-state index is 0.000911. The number of para-hydroxylation sites is 1. The van der Waals surface area contributed by atoms with Crippen LogP contribution in [0.4, 0.5) is 4.79 Å². The van der Waals surface area contributed by atoms with Crippen LogP contribution in [0.15, 0.2) is 96.2 Å². The van der Waals surface area contributed by atoms with Crippen molar-refractivity contribution in [2.75, 3.05) is 13.7 Å². The number of carbonyl (C=O) groups excluding carboxylic acids is 7. The Labute approximate surface area is 495 Å². The van der Waals surface area contributed by atoms with Gasteiger partial charge in [0.05, 0.1) is 43.1 Å². The number of alkyl carbamates (subject to hydrolysis) is 1. The summed E-state index contributed by atoms with van der Waals surface area (Å²) in [5.41, 5.74) is -9.03. The van der Waals surface area contributed by atoms with Gasteiger partial charge in [-0.3, -0.25) is 19.2 Å².